The monoisotopic (exact) mass is 340 g/mol. The van der Waals surface area contributed by atoms with Crippen molar-refractivity contribution in [2.45, 2.75) is 0 Å². The Kier molecular flexibility index (Phi) is 3.94. The van der Waals surface area contributed by atoms with Crippen molar-refractivity contribution in [3.63, 3.8) is 0 Å². The largest absolute Gasteiger partial charge is 0.215 e. The van der Waals surface area contributed by atoms with Gasteiger partial charge in [0, 0.05) is 0 Å². The van der Waals surface area contributed by atoms with Crippen molar-refractivity contribution in [2.24, 2.45) is 0 Å². The number of hydrogen-bond acceptors (Lipinski definition) is 3. The van der Waals surface area contributed by atoms with Gasteiger partial charge in [-0.15, -0.1) is 11.3 Å². The van der Waals surface area contributed by atoms with Gasteiger partial charge in [0.1, 0.15) is 10.3 Å². The van der Waals surface area contributed by atoms with Crippen molar-refractivity contribution in [3.8, 4) is 21.8 Å². The van der Waals surface area contributed by atoms with Crippen LogP contribution in [0.2, 0.25) is 14.6 Å². The van der Waals surface area contributed by atoms with E-state index in [4.69, 9.17) is 34.8 Å². The molecular formula is C14H7Cl3N2S. The number of aromatic nitrogens is 2. The Balaban J connectivity index is 2.12. The molecule has 20 heavy (non-hydrogen) atoms. The zero-order valence-corrected chi connectivity index (χ0v) is 13.1. The Morgan fingerprint density at radius 2 is 1.45 bits per heavy atom. The minimum atomic E-state index is 0.329. The van der Waals surface area contributed by atoms with Gasteiger partial charge in [-0.25, -0.2) is 9.97 Å². The average molecular weight is 342 g/mol. The van der Waals surface area contributed by atoms with Gasteiger partial charge < -0.3 is 0 Å². The lowest BCUT2D eigenvalue weighted by atomic mass is 10.1. The number of benzene rings is 1. The first kappa shape index (κ1) is 13.8. The molecular weight excluding hydrogens is 335 g/mol. The molecule has 0 atom stereocenters. The normalized spacial score (nSPS) is 10.8. The van der Waals surface area contributed by atoms with E-state index in [0.29, 0.717) is 26.0 Å². The summed E-state index contributed by atoms with van der Waals surface area (Å²) in [7, 11) is 0. The van der Waals surface area contributed by atoms with E-state index in [1.165, 1.54) is 11.3 Å². The maximum Gasteiger partial charge on any atom is 0.172 e. The van der Waals surface area contributed by atoms with E-state index in [1.54, 1.807) is 6.07 Å². The molecule has 0 unspecified atom stereocenters. The third-order valence-corrected chi connectivity index (χ3v) is 4.45. The molecule has 0 spiro atoms. The fourth-order valence-electron chi connectivity index (χ4n) is 1.80. The second kappa shape index (κ2) is 5.70. The molecule has 3 aromatic rings. The summed E-state index contributed by atoms with van der Waals surface area (Å²) in [5.41, 5.74) is 1.53. The lowest BCUT2D eigenvalue weighted by Gasteiger charge is -2.07. The van der Waals surface area contributed by atoms with Crippen LogP contribution in [0.5, 0.6) is 0 Å². The summed E-state index contributed by atoms with van der Waals surface area (Å²) < 4.78 is 0.669. The van der Waals surface area contributed by atoms with Gasteiger partial charge in [-0.05, 0) is 17.7 Å². The van der Waals surface area contributed by atoms with Gasteiger partial charge in [0.15, 0.2) is 5.82 Å². The van der Waals surface area contributed by atoms with Crippen molar-refractivity contribution in [1.29, 1.82) is 0 Å². The number of hydrogen-bond donors (Lipinski definition) is 0. The van der Waals surface area contributed by atoms with Crippen molar-refractivity contribution < 1.29 is 0 Å². The van der Waals surface area contributed by atoms with Crippen LogP contribution in [0, 0.1) is 0 Å². The highest BCUT2D eigenvalue weighted by molar-refractivity contribution is 7.19. The molecule has 0 N–H and O–H groups in total. The SMILES string of the molecule is Clc1ccc(-c2nc(Cl)c(-c3ccccc3)c(Cl)n2)s1. The zero-order valence-electron chi connectivity index (χ0n) is 9.98. The van der Waals surface area contributed by atoms with Gasteiger partial charge >= 0.3 is 0 Å². The van der Waals surface area contributed by atoms with E-state index in [9.17, 15) is 0 Å². The lowest BCUT2D eigenvalue weighted by molar-refractivity contribution is 1.19. The molecule has 3 rings (SSSR count). The van der Waals surface area contributed by atoms with Crippen LogP contribution in [0.4, 0.5) is 0 Å². The summed E-state index contributed by atoms with van der Waals surface area (Å²) in [5.74, 6) is 0.483. The second-order valence-corrected chi connectivity index (χ2v) is 6.40. The summed E-state index contributed by atoms with van der Waals surface area (Å²) in [6, 6.07) is 13.2. The lowest BCUT2D eigenvalue weighted by Crippen LogP contribution is -1.93. The molecule has 1 aromatic carbocycles. The van der Waals surface area contributed by atoms with Crippen LogP contribution in [0.1, 0.15) is 0 Å². The van der Waals surface area contributed by atoms with Gasteiger partial charge in [0.05, 0.1) is 14.8 Å². The van der Waals surface area contributed by atoms with Crippen molar-refractivity contribution in [2.75, 3.05) is 0 Å². The molecule has 0 aliphatic rings. The predicted octanol–water partition coefficient (Wildman–Crippen LogP) is 5.83. The third kappa shape index (κ3) is 2.67. The van der Waals surface area contributed by atoms with Crippen LogP contribution < -0.4 is 0 Å². The highest BCUT2D eigenvalue weighted by Crippen LogP contribution is 2.36. The van der Waals surface area contributed by atoms with E-state index < -0.39 is 0 Å². The van der Waals surface area contributed by atoms with Gasteiger partial charge in [0.25, 0.3) is 0 Å². The fourth-order valence-corrected chi connectivity index (χ4v) is 3.38. The topological polar surface area (TPSA) is 25.8 Å². The first-order chi connectivity index (χ1) is 9.65. The summed E-state index contributed by atoms with van der Waals surface area (Å²) in [5, 5.41) is 0.659. The summed E-state index contributed by atoms with van der Waals surface area (Å²) in [6.07, 6.45) is 0. The van der Waals surface area contributed by atoms with Crippen LogP contribution in [0.3, 0.4) is 0 Å². The Hall–Kier alpha value is -1.13. The number of thiophene rings is 1. The molecule has 0 radical (unpaired) electrons. The average Bonchev–Trinajstić information content (AvgIpc) is 2.86. The standard InChI is InChI=1S/C14H7Cl3N2S/c15-10-7-6-9(20-10)14-18-12(16)11(13(17)19-14)8-4-2-1-3-5-8/h1-7H. The summed E-state index contributed by atoms with van der Waals surface area (Å²) in [6.45, 7) is 0. The molecule has 0 amide bonds. The molecule has 0 saturated heterocycles. The first-order valence-corrected chi connectivity index (χ1v) is 7.64. The smallest absolute Gasteiger partial charge is 0.172 e. The van der Waals surface area contributed by atoms with Crippen molar-refractivity contribution in [3.05, 3.63) is 57.1 Å². The van der Waals surface area contributed by atoms with Crippen LogP contribution >= 0.6 is 46.1 Å². The summed E-state index contributed by atoms with van der Waals surface area (Å²) in [4.78, 5) is 9.46. The van der Waals surface area contributed by atoms with E-state index in [-0.39, 0.29) is 0 Å². The maximum atomic E-state index is 6.26. The van der Waals surface area contributed by atoms with E-state index in [2.05, 4.69) is 9.97 Å². The molecule has 0 aliphatic heterocycles. The molecule has 100 valence electrons. The number of halogens is 3. The third-order valence-electron chi connectivity index (χ3n) is 2.68. The predicted molar refractivity (Wildman–Crippen MR) is 85.8 cm³/mol. The molecule has 2 aromatic heterocycles. The quantitative estimate of drug-likeness (QED) is 0.548. The van der Waals surface area contributed by atoms with Crippen molar-refractivity contribution >= 4 is 46.1 Å². The van der Waals surface area contributed by atoms with E-state index >= 15 is 0 Å². The van der Waals surface area contributed by atoms with Gasteiger partial charge in [-0.2, -0.15) is 0 Å². The van der Waals surface area contributed by atoms with Gasteiger partial charge in [-0.3, -0.25) is 0 Å². The number of nitrogens with zero attached hydrogens (tertiary/aromatic N) is 2. The van der Waals surface area contributed by atoms with Gasteiger partial charge in [0.2, 0.25) is 0 Å². The van der Waals surface area contributed by atoms with Crippen LogP contribution in [0.25, 0.3) is 21.8 Å². The molecule has 0 fully saturated rings. The Labute approximate surface area is 135 Å². The first-order valence-electron chi connectivity index (χ1n) is 5.69. The van der Waals surface area contributed by atoms with Crippen LogP contribution in [0.15, 0.2) is 42.5 Å². The Morgan fingerprint density at radius 3 is 2.00 bits per heavy atom. The molecule has 0 aliphatic carbocycles. The Morgan fingerprint density at radius 1 is 0.800 bits per heavy atom. The van der Waals surface area contributed by atoms with E-state index in [1.807, 2.05) is 36.4 Å². The maximum absolute atomic E-state index is 6.26. The molecule has 6 heteroatoms. The molecule has 2 nitrogen and oxygen atoms in total. The summed E-state index contributed by atoms with van der Waals surface area (Å²) >= 11 is 19.8. The number of rotatable bonds is 2. The van der Waals surface area contributed by atoms with Crippen LogP contribution in [-0.4, -0.2) is 9.97 Å². The highest BCUT2D eigenvalue weighted by Gasteiger charge is 2.15. The fraction of sp³-hybridized carbons (Fsp3) is 0. The minimum absolute atomic E-state index is 0.329. The molecule has 2 heterocycles. The zero-order chi connectivity index (χ0) is 14.1. The van der Waals surface area contributed by atoms with Crippen molar-refractivity contribution in [1.82, 2.24) is 9.97 Å². The minimum Gasteiger partial charge on any atom is -0.215 e. The van der Waals surface area contributed by atoms with E-state index in [0.717, 1.165) is 10.4 Å². The van der Waals surface area contributed by atoms with Crippen LogP contribution in [-0.2, 0) is 0 Å². The van der Waals surface area contributed by atoms with Gasteiger partial charge in [-0.1, -0.05) is 65.1 Å². The Bertz CT molecular complexity index is 733. The highest BCUT2D eigenvalue weighted by atomic mass is 35.5. The molecule has 0 bridgehead atoms. The second-order valence-electron chi connectivity index (χ2n) is 3.97. The molecule has 0 saturated carbocycles.